The fourth-order valence-corrected chi connectivity index (χ4v) is 3.89. The standard InChI is InChI=1S/C16H22N4S/c1-16(2)11-20(9-8-14-18-19-15(17)21-14)10-13(16)12-6-4-3-5-7-12/h3-7,13H,8-11H2,1-2H3,(H2,17,19)/t13-/m1/s1. The van der Waals surface area contributed by atoms with Crippen molar-refractivity contribution in [2.45, 2.75) is 26.2 Å². The van der Waals surface area contributed by atoms with Gasteiger partial charge in [0.1, 0.15) is 5.01 Å². The van der Waals surface area contributed by atoms with Crippen LogP contribution in [-0.4, -0.2) is 34.7 Å². The third kappa shape index (κ3) is 3.24. The van der Waals surface area contributed by atoms with Crippen molar-refractivity contribution < 1.29 is 0 Å². The van der Waals surface area contributed by atoms with Gasteiger partial charge >= 0.3 is 0 Å². The van der Waals surface area contributed by atoms with Crippen molar-refractivity contribution in [1.82, 2.24) is 15.1 Å². The highest BCUT2D eigenvalue weighted by Gasteiger charge is 2.39. The van der Waals surface area contributed by atoms with Gasteiger partial charge in [0, 0.05) is 32.0 Å². The van der Waals surface area contributed by atoms with Gasteiger partial charge in [-0.1, -0.05) is 55.5 Å². The van der Waals surface area contributed by atoms with Crippen molar-refractivity contribution in [3.05, 3.63) is 40.9 Å². The summed E-state index contributed by atoms with van der Waals surface area (Å²) in [5.74, 6) is 0.596. The first-order valence-corrected chi connectivity index (χ1v) is 8.21. The number of rotatable bonds is 4. The van der Waals surface area contributed by atoms with Gasteiger partial charge in [0.15, 0.2) is 0 Å². The van der Waals surface area contributed by atoms with Crippen LogP contribution < -0.4 is 5.73 Å². The van der Waals surface area contributed by atoms with E-state index in [0.29, 0.717) is 16.5 Å². The molecule has 21 heavy (non-hydrogen) atoms. The zero-order valence-corrected chi connectivity index (χ0v) is 13.4. The second-order valence-corrected chi connectivity index (χ2v) is 7.56. The summed E-state index contributed by atoms with van der Waals surface area (Å²) in [7, 11) is 0. The van der Waals surface area contributed by atoms with Crippen LogP contribution >= 0.6 is 11.3 Å². The van der Waals surface area contributed by atoms with Crippen molar-refractivity contribution in [2.75, 3.05) is 25.4 Å². The summed E-state index contributed by atoms with van der Waals surface area (Å²) >= 11 is 1.50. The number of nitrogen functional groups attached to an aromatic ring is 1. The minimum absolute atomic E-state index is 0.307. The van der Waals surface area contributed by atoms with Gasteiger partial charge in [0.2, 0.25) is 5.13 Å². The maximum Gasteiger partial charge on any atom is 0.203 e. The molecule has 112 valence electrons. The molecule has 0 saturated carbocycles. The quantitative estimate of drug-likeness (QED) is 0.943. The molecule has 1 atom stereocenters. The first-order chi connectivity index (χ1) is 10.0. The SMILES string of the molecule is CC1(C)CN(CCc2nnc(N)s2)C[C@@H]1c1ccccc1. The fraction of sp³-hybridized carbons (Fsp3) is 0.500. The first-order valence-electron chi connectivity index (χ1n) is 7.40. The van der Waals surface area contributed by atoms with Gasteiger partial charge in [-0.25, -0.2) is 0 Å². The second-order valence-electron chi connectivity index (χ2n) is 6.47. The lowest BCUT2D eigenvalue weighted by molar-refractivity contribution is 0.290. The molecule has 4 nitrogen and oxygen atoms in total. The highest BCUT2D eigenvalue weighted by Crippen LogP contribution is 2.42. The van der Waals surface area contributed by atoms with Gasteiger partial charge in [-0.05, 0) is 11.0 Å². The minimum atomic E-state index is 0.307. The lowest BCUT2D eigenvalue weighted by Gasteiger charge is -2.26. The monoisotopic (exact) mass is 302 g/mol. The lowest BCUT2D eigenvalue weighted by Crippen LogP contribution is -2.25. The summed E-state index contributed by atoms with van der Waals surface area (Å²) in [4.78, 5) is 2.54. The van der Waals surface area contributed by atoms with E-state index in [0.717, 1.165) is 31.1 Å². The van der Waals surface area contributed by atoms with Gasteiger partial charge < -0.3 is 10.6 Å². The molecule has 1 aliphatic heterocycles. The van der Waals surface area contributed by atoms with Crippen molar-refractivity contribution in [3.63, 3.8) is 0 Å². The van der Waals surface area contributed by atoms with E-state index in [1.54, 1.807) is 0 Å². The van der Waals surface area contributed by atoms with E-state index >= 15 is 0 Å². The number of nitrogens with two attached hydrogens (primary N) is 1. The number of hydrogen-bond donors (Lipinski definition) is 1. The van der Waals surface area contributed by atoms with E-state index < -0.39 is 0 Å². The molecule has 1 aromatic carbocycles. The Morgan fingerprint density at radius 2 is 2.05 bits per heavy atom. The molecule has 2 N–H and O–H groups in total. The zero-order chi connectivity index (χ0) is 14.9. The van der Waals surface area contributed by atoms with E-state index in [2.05, 4.69) is 59.3 Å². The Hall–Kier alpha value is -1.46. The smallest absolute Gasteiger partial charge is 0.203 e. The predicted molar refractivity (Wildman–Crippen MR) is 87.4 cm³/mol. The molecule has 3 rings (SSSR count). The number of nitrogens with zero attached hydrogens (tertiary/aromatic N) is 3. The number of anilines is 1. The maximum absolute atomic E-state index is 5.63. The van der Waals surface area contributed by atoms with Crippen LogP contribution in [0.4, 0.5) is 5.13 Å². The van der Waals surface area contributed by atoms with E-state index in [1.807, 2.05) is 0 Å². The van der Waals surface area contributed by atoms with Crippen LogP contribution in [0.5, 0.6) is 0 Å². The zero-order valence-electron chi connectivity index (χ0n) is 12.6. The summed E-state index contributed by atoms with van der Waals surface area (Å²) in [6, 6.07) is 10.9. The van der Waals surface area contributed by atoms with E-state index in [-0.39, 0.29) is 0 Å². The third-order valence-electron chi connectivity index (χ3n) is 4.34. The normalized spacial score (nSPS) is 21.7. The Kier molecular flexibility index (Phi) is 3.95. The van der Waals surface area contributed by atoms with Crippen LogP contribution in [-0.2, 0) is 6.42 Å². The second kappa shape index (κ2) is 5.73. The number of hydrogen-bond acceptors (Lipinski definition) is 5. The van der Waals surface area contributed by atoms with Crippen molar-refractivity contribution in [1.29, 1.82) is 0 Å². The molecule has 1 aromatic heterocycles. The van der Waals surface area contributed by atoms with Crippen molar-refractivity contribution in [3.8, 4) is 0 Å². The Morgan fingerprint density at radius 3 is 2.71 bits per heavy atom. The molecule has 0 amide bonds. The van der Waals surface area contributed by atoms with Gasteiger partial charge in [0.25, 0.3) is 0 Å². The molecule has 0 aliphatic carbocycles. The van der Waals surface area contributed by atoms with Crippen LogP contribution in [0.2, 0.25) is 0 Å². The molecular weight excluding hydrogens is 280 g/mol. The molecule has 1 saturated heterocycles. The van der Waals surface area contributed by atoms with Crippen molar-refractivity contribution >= 4 is 16.5 Å². The topological polar surface area (TPSA) is 55.0 Å². The summed E-state index contributed by atoms with van der Waals surface area (Å²) in [6.45, 7) is 8.01. The molecule has 0 unspecified atom stereocenters. The minimum Gasteiger partial charge on any atom is -0.374 e. The van der Waals surface area contributed by atoms with E-state index in [1.165, 1.54) is 16.9 Å². The maximum atomic E-state index is 5.63. The fourth-order valence-electron chi connectivity index (χ4n) is 3.29. The molecule has 2 aromatic rings. The Morgan fingerprint density at radius 1 is 1.29 bits per heavy atom. The average molecular weight is 302 g/mol. The lowest BCUT2D eigenvalue weighted by atomic mass is 9.78. The predicted octanol–water partition coefficient (Wildman–Crippen LogP) is 2.79. The summed E-state index contributed by atoms with van der Waals surface area (Å²) in [5, 5.41) is 9.59. The molecule has 1 aliphatic rings. The molecule has 2 heterocycles. The molecular formula is C16H22N4S. The van der Waals surface area contributed by atoms with Gasteiger partial charge in [0.05, 0.1) is 0 Å². The average Bonchev–Trinajstić information content (AvgIpc) is 3.00. The van der Waals surface area contributed by atoms with Crippen LogP contribution in [0.3, 0.4) is 0 Å². The molecule has 5 heteroatoms. The van der Waals surface area contributed by atoms with Gasteiger partial charge in [-0.15, -0.1) is 10.2 Å². The van der Waals surface area contributed by atoms with Gasteiger partial charge in [-0.2, -0.15) is 0 Å². The summed E-state index contributed by atoms with van der Waals surface area (Å²) in [5.41, 5.74) is 7.39. The van der Waals surface area contributed by atoms with Crippen LogP contribution in [0, 0.1) is 5.41 Å². The molecule has 1 fully saturated rings. The Labute approximate surface area is 130 Å². The van der Waals surface area contributed by atoms with E-state index in [4.69, 9.17) is 5.73 Å². The van der Waals surface area contributed by atoms with Crippen molar-refractivity contribution in [2.24, 2.45) is 5.41 Å². The summed E-state index contributed by atoms with van der Waals surface area (Å²) in [6.07, 6.45) is 0.937. The van der Waals surface area contributed by atoms with Crippen LogP contribution in [0.25, 0.3) is 0 Å². The molecule has 0 spiro atoms. The summed E-state index contributed by atoms with van der Waals surface area (Å²) < 4.78 is 0. The Bertz CT molecular complexity index is 593. The highest BCUT2D eigenvalue weighted by molar-refractivity contribution is 7.15. The number of likely N-dealkylation sites (tertiary alicyclic amines) is 1. The van der Waals surface area contributed by atoms with Crippen LogP contribution in [0.1, 0.15) is 30.3 Å². The molecule has 0 bridgehead atoms. The highest BCUT2D eigenvalue weighted by atomic mass is 32.1. The third-order valence-corrected chi connectivity index (χ3v) is 5.15. The Balaban J connectivity index is 1.64. The number of benzene rings is 1. The first kappa shape index (κ1) is 14.5. The van der Waals surface area contributed by atoms with E-state index in [9.17, 15) is 0 Å². The largest absolute Gasteiger partial charge is 0.374 e. The molecule has 0 radical (unpaired) electrons. The van der Waals surface area contributed by atoms with Gasteiger partial charge in [-0.3, -0.25) is 0 Å². The van der Waals surface area contributed by atoms with Crippen LogP contribution in [0.15, 0.2) is 30.3 Å². The number of aromatic nitrogens is 2.